The summed E-state index contributed by atoms with van der Waals surface area (Å²) < 4.78 is 16.5. The van der Waals surface area contributed by atoms with Crippen molar-refractivity contribution in [3.8, 4) is 17.2 Å². The van der Waals surface area contributed by atoms with Crippen molar-refractivity contribution in [1.29, 1.82) is 0 Å². The molecule has 0 amide bonds. The molecule has 2 aliphatic heterocycles. The Hall–Kier alpha value is -1.54. The molecule has 1 aliphatic carbocycles. The lowest BCUT2D eigenvalue weighted by molar-refractivity contribution is -0.0249. The summed E-state index contributed by atoms with van der Waals surface area (Å²) in [6, 6.07) is 4.25. The van der Waals surface area contributed by atoms with E-state index in [9.17, 15) is 5.11 Å². The van der Waals surface area contributed by atoms with Crippen LogP contribution in [0.15, 0.2) is 12.1 Å². The Morgan fingerprint density at radius 2 is 1.47 bits per heavy atom. The van der Waals surface area contributed by atoms with Gasteiger partial charge in [-0.3, -0.25) is 9.80 Å². The quantitative estimate of drug-likeness (QED) is 0.750. The highest BCUT2D eigenvalue weighted by Gasteiger charge is 2.43. The van der Waals surface area contributed by atoms with E-state index in [2.05, 4.69) is 21.7 Å². The summed E-state index contributed by atoms with van der Waals surface area (Å²) in [5.74, 6) is 3.48. The summed E-state index contributed by atoms with van der Waals surface area (Å²) in [5.41, 5.74) is 1.12. The van der Waals surface area contributed by atoms with Gasteiger partial charge in [0.2, 0.25) is 0 Å². The highest BCUT2D eigenvalue weighted by atomic mass is 16.5. The second-order valence-corrected chi connectivity index (χ2v) is 9.18. The lowest BCUT2D eigenvalue weighted by Crippen LogP contribution is -2.55. The number of piperazine rings is 1. The Morgan fingerprint density at radius 1 is 0.867 bits per heavy atom. The molecule has 0 spiro atoms. The van der Waals surface area contributed by atoms with Crippen LogP contribution in [0.25, 0.3) is 0 Å². The van der Waals surface area contributed by atoms with Gasteiger partial charge in [-0.1, -0.05) is 0 Å². The second-order valence-electron chi connectivity index (χ2n) is 9.18. The number of methoxy groups -OCH3 is 3. The Labute approximate surface area is 180 Å². The molecule has 0 unspecified atom stereocenters. The summed E-state index contributed by atoms with van der Waals surface area (Å²) in [7, 11) is 7.19. The number of aliphatic hydroxyl groups excluding tert-OH is 1. The predicted molar refractivity (Wildman–Crippen MR) is 116 cm³/mol. The predicted octanol–water partition coefficient (Wildman–Crippen LogP) is 1.53. The van der Waals surface area contributed by atoms with Gasteiger partial charge in [-0.05, 0) is 37.8 Å². The fourth-order valence-corrected chi connectivity index (χ4v) is 5.64. The molecule has 0 bridgehead atoms. The summed E-state index contributed by atoms with van der Waals surface area (Å²) in [5, 5.41) is 10.9. The third-order valence-electron chi connectivity index (χ3n) is 7.37. The second kappa shape index (κ2) is 9.30. The van der Waals surface area contributed by atoms with Crippen molar-refractivity contribution in [3.05, 3.63) is 17.7 Å². The van der Waals surface area contributed by atoms with Crippen LogP contribution in [-0.4, -0.2) is 99.6 Å². The zero-order valence-electron chi connectivity index (χ0n) is 18.8. The third kappa shape index (κ3) is 4.40. The molecule has 3 fully saturated rings. The first kappa shape index (κ1) is 21.7. The number of likely N-dealkylation sites (tertiary alicyclic amines) is 1. The molecule has 1 N–H and O–H groups in total. The molecule has 0 aromatic heterocycles. The fraction of sp³-hybridized carbons (Fsp3) is 0.739. The SMILES string of the molecule is COc1cc(OC)c(OC)cc1CN1C[C@H]2C[C@@H](N3CCN(C)CC3)[C@H](O)C[C@H]2C1. The molecule has 7 nitrogen and oxygen atoms in total. The molecular weight excluding hydrogens is 382 g/mol. The van der Waals surface area contributed by atoms with Crippen molar-refractivity contribution in [2.45, 2.75) is 31.5 Å². The zero-order chi connectivity index (χ0) is 21.3. The number of hydrogen-bond acceptors (Lipinski definition) is 7. The minimum Gasteiger partial charge on any atom is -0.496 e. The van der Waals surface area contributed by atoms with Crippen LogP contribution in [0.5, 0.6) is 17.2 Å². The van der Waals surface area contributed by atoms with Crippen LogP contribution >= 0.6 is 0 Å². The van der Waals surface area contributed by atoms with Crippen LogP contribution < -0.4 is 14.2 Å². The topological polar surface area (TPSA) is 57.6 Å². The van der Waals surface area contributed by atoms with Crippen LogP contribution in [0.4, 0.5) is 0 Å². The lowest BCUT2D eigenvalue weighted by Gasteiger charge is -2.44. The van der Waals surface area contributed by atoms with E-state index in [1.165, 1.54) is 0 Å². The molecular formula is C23H37N3O4. The van der Waals surface area contributed by atoms with Crippen LogP contribution in [0.1, 0.15) is 18.4 Å². The Morgan fingerprint density at radius 3 is 2.10 bits per heavy atom. The van der Waals surface area contributed by atoms with E-state index >= 15 is 0 Å². The maximum Gasteiger partial charge on any atom is 0.164 e. The van der Waals surface area contributed by atoms with Gasteiger partial charge in [0.25, 0.3) is 0 Å². The molecule has 30 heavy (non-hydrogen) atoms. The van der Waals surface area contributed by atoms with E-state index in [0.29, 0.717) is 23.6 Å². The highest BCUT2D eigenvalue weighted by Crippen LogP contribution is 2.41. The van der Waals surface area contributed by atoms with Crippen molar-refractivity contribution < 1.29 is 19.3 Å². The summed E-state index contributed by atoms with van der Waals surface area (Å²) >= 11 is 0. The number of nitrogens with zero attached hydrogens (tertiary/aromatic N) is 3. The maximum absolute atomic E-state index is 10.9. The molecule has 0 radical (unpaired) electrons. The van der Waals surface area contributed by atoms with Crippen molar-refractivity contribution >= 4 is 0 Å². The number of rotatable bonds is 6. The summed E-state index contributed by atoms with van der Waals surface area (Å²) in [6.07, 6.45) is 1.82. The van der Waals surface area contributed by atoms with E-state index in [1.807, 2.05) is 12.1 Å². The summed E-state index contributed by atoms with van der Waals surface area (Å²) in [6.45, 7) is 7.29. The highest BCUT2D eigenvalue weighted by molar-refractivity contribution is 5.50. The molecule has 4 atom stereocenters. The molecule has 2 saturated heterocycles. The monoisotopic (exact) mass is 419 g/mol. The van der Waals surface area contributed by atoms with E-state index in [1.54, 1.807) is 21.3 Å². The number of likely N-dealkylation sites (N-methyl/N-ethyl adjacent to an activating group) is 1. The van der Waals surface area contributed by atoms with Crippen LogP contribution in [-0.2, 0) is 6.54 Å². The molecule has 2 heterocycles. The van der Waals surface area contributed by atoms with Gasteiger partial charge in [0.15, 0.2) is 11.5 Å². The van der Waals surface area contributed by atoms with Gasteiger partial charge in [0.05, 0.1) is 27.4 Å². The zero-order valence-corrected chi connectivity index (χ0v) is 18.8. The average Bonchev–Trinajstić information content (AvgIpc) is 3.14. The minimum atomic E-state index is -0.203. The van der Waals surface area contributed by atoms with E-state index in [0.717, 1.165) is 75.7 Å². The van der Waals surface area contributed by atoms with Crippen LogP contribution in [0, 0.1) is 11.8 Å². The number of ether oxygens (including phenoxy) is 3. The Kier molecular flexibility index (Phi) is 6.72. The Balaban J connectivity index is 1.42. The van der Waals surface area contributed by atoms with Gasteiger partial charge < -0.3 is 24.2 Å². The van der Waals surface area contributed by atoms with Crippen molar-refractivity contribution in [2.24, 2.45) is 11.8 Å². The normalized spacial score (nSPS) is 30.8. The summed E-state index contributed by atoms with van der Waals surface area (Å²) in [4.78, 5) is 7.42. The number of hydrogen-bond donors (Lipinski definition) is 1. The molecule has 7 heteroatoms. The smallest absolute Gasteiger partial charge is 0.164 e. The lowest BCUT2D eigenvalue weighted by atomic mass is 9.77. The first-order valence-electron chi connectivity index (χ1n) is 11.1. The van der Waals surface area contributed by atoms with Crippen molar-refractivity contribution in [2.75, 3.05) is 67.6 Å². The Bertz CT molecular complexity index is 723. The van der Waals surface area contributed by atoms with Crippen LogP contribution in [0.3, 0.4) is 0 Å². The van der Waals surface area contributed by atoms with E-state index in [-0.39, 0.29) is 6.10 Å². The fourth-order valence-electron chi connectivity index (χ4n) is 5.64. The maximum atomic E-state index is 10.9. The van der Waals surface area contributed by atoms with Gasteiger partial charge in [-0.25, -0.2) is 0 Å². The molecule has 4 rings (SSSR count). The van der Waals surface area contributed by atoms with Gasteiger partial charge in [-0.2, -0.15) is 0 Å². The standard InChI is InChI=1S/C23H37N3O4/c1-24-5-7-26(8-6-24)19-9-16-13-25(14-17(16)10-20(19)27)15-18-11-22(29-3)23(30-4)12-21(18)28-2/h11-12,16-17,19-20,27H,5-10,13-15H2,1-4H3/t16-,17+,19-,20-/m1/s1. The number of benzene rings is 1. The van der Waals surface area contributed by atoms with Crippen molar-refractivity contribution in [3.63, 3.8) is 0 Å². The minimum absolute atomic E-state index is 0.203. The van der Waals surface area contributed by atoms with Crippen molar-refractivity contribution in [1.82, 2.24) is 14.7 Å². The molecule has 1 saturated carbocycles. The van der Waals surface area contributed by atoms with Gasteiger partial charge in [0, 0.05) is 63.5 Å². The third-order valence-corrected chi connectivity index (χ3v) is 7.37. The van der Waals surface area contributed by atoms with Gasteiger partial charge >= 0.3 is 0 Å². The first-order valence-corrected chi connectivity index (χ1v) is 11.1. The molecule has 3 aliphatic rings. The molecule has 168 valence electrons. The van der Waals surface area contributed by atoms with Gasteiger partial charge in [0.1, 0.15) is 5.75 Å². The number of fused-ring (bicyclic) bond motifs is 1. The van der Waals surface area contributed by atoms with E-state index in [4.69, 9.17) is 14.2 Å². The van der Waals surface area contributed by atoms with E-state index < -0.39 is 0 Å². The largest absolute Gasteiger partial charge is 0.496 e. The van der Waals surface area contributed by atoms with Gasteiger partial charge in [-0.15, -0.1) is 0 Å². The number of aliphatic hydroxyl groups is 1. The molecule has 1 aromatic rings. The van der Waals surface area contributed by atoms with Crippen LogP contribution in [0.2, 0.25) is 0 Å². The average molecular weight is 420 g/mol. The molecule has 1 aromatic carbocycles. The first-order chi connectivity index (χ1) is 14.5.